The van der Waals surface area contributed by atoms with Gasteiger partial charge < -0.3 is 15.0 Å². The minimum absolute atomic E-state index is 0.268. The number of aliphatic hydroxyl groups excluding tert-OH is 1. The molecule has 0 bridgehead atoms. The third-order valence-corrected chi connectivity index (χ3v) is 6.75. The number of hydrogen-bond donors (Lipinski definition) is 2. The summed E-state index contributed by atoms with van der Waals surface area (Å²) in [5, 5.41) is 18.7. The van der Waals surface area contributed by atoms with E-state index in [1.54, 1.807) is 10.8 Å². The van der Waals surface area contributed by atoms with Crippen molar-refractivity contribution < 1.29 is 9.50 Å². The number of alkyl halides is 1. The Hall–Kier alpha value is -2.68. The number of nitrogens with one attached hydrogen (secondary N) is 1. The number of aliphatic hydroxyl groups is 1. The molecule has 3 aromatic rings. The van der Waals surface area contributed by atoms with Crippen LogP contribution >= 0.6 is 11.6 Å². The first kappa shape index (κ1) is 23.1. The highest BCUT2D eigenvalue weighted by molar-refractivity contribution is 6.35. The van der Waals surface area contributed by atoms with Crippen molar-refractivity contribution in [1.29, 1.82) is 0 Å². The van der Waals surface area contributed by atoms with Crippen molar-refractivity contribution >= 4 is 34.0 Å². The molecule has 34 heavy (non-hydrogen) atoms. The molecule has 7 nitrogen and oxygen atoms in total. The molecule has 0 amide bonds. The Morgan fingerprint density at radius 1 is 1.35 bits per heavy atom. The number of nitrogens with zero attached hydrogens (tertiary/aromatic N) is 5. The second-order valence-electron chi connectivity index (χ2n) is 9.18. The van der Waals surface area contributed by atoms with Crippen LogP contribution in [0.1, 0.15) is 43.5 Å². The fourth-order valence-electron chi connectivity index (χ4n) is 4.54. The minimum Gasteiger partial charge on any atom is -0.392 e. The Labute approximate surface area is 203 Å². The van der Waals surface area contributed by atoms with Crippen LogP contribution in [-0.4, -0.2) is 55.8 Å². The lowest BCUT2D eigenvalue weighted by molar-refractivity contribution is 0.174. The molecule has 9 heteroatoms. The minimum atomic E-state index is -1.66. The van der Waals surface area contributed by atoms with Crippen molar-refractivity contribution in [2.75, 3.05) is 18.4 Å². The third kappa shape index (κ3) is 4.89. The first-order valence-electron chi connectivity index (χ1n) is 11.8. The summed E-state index contributed by atoms with van der Waals surface area (Å²) in [6, 6.07) is 6.22. The number of aliphatic imine (C=N–C) groups is 1. The molecule has 1 aromatic carbocycles. The van der Waals surface area contributed by atoms with E-state index >= 15 is 4.39 Å². The van der Waals surface area contributed by atoms with Gasteiger partial charge >= 0.3 is 0 Å². The summed E-state index contributed by atoms with van der Waals surface area (Å²) in [7, 11) is 0. The zero-order valence-corrected chi connectivity index (χ0v) is 20.2. The normalized spacial score (nSPS) is 20.6. The van der Waals surface area contributed by atoms with Crippen LogP contribution in [0.3, 0.4) is 0 Å². The number of rotatable bonds is 7. The topological polar surface area (TPSA) is 70.6 Å². The molecule has 180 valence electrons. The van der Waals surface area contributed by atoms with E-state index in [2.05, 4.69) is 24.9 Å². The van der Waals surface area contributed by atoms with E-state index in [0.717, 1.165) is 35.1 Å². The summed E-state index contributed by atoms with van der Waals surface area (Å²) in [5.74, 6) is 0.400. The Balaban J connectivity index is 1.33. The van der Waals surface area contributed by atoms with Crippen LogP contribution in [0.15, 0.2) is 47.7 Å². The van der Waals surface area contributed by atoms with E-state index in [-0.39, 0.29) is 6.10 Å². The predicted molar refractivity (Wildman–Crippen MR) is 134 cm³/mol. The highest BCUT2D eigenvalue weighted by atomic mass is 35.5. The van der Waals surface area contributed by atoms with Gasteiger partial charge in [0.05, 0.1) is 16.8 Å². The third-order valence-electron chi connectivity index (χ3n) is 6.45. The van der Waals surface area contributed by atoms with E-state index < -0.39 is 6.42 Å². The van der Waals surface area contributed by atoms with Gasteiger partial charge in [-0.05, 0) is 57.4 Å². The molecule has 1 aliphatic heterocycles. The molecule has 2 aliphatic rings. The number of halogens is 2. The summed E-state index contributed by atoms with van der Waals surface area (Å²) in [6.45, 7) is 6.01. The van der Waals surface area contributed by atoms with Crippen LogP contribution in [0.2, 0.25) is 5.02 Å². The van der Waals surface area contributed by atoms with Crippen LogP contribution < -0.4 is 5.32 Å². The maximum atomic E-state index is 15.0. The SMILES string of the molecule is C/C=C\C(=NC(F)Nc1ccc2c(c1)c(Cl)cn2C1CC1)n1cc(CN2CCC(O)C2)c(C)n1. The maximum absolute atomic E-state index is 15.0. The molecule has 0 spiro atoms. The summed E-state index contributed by atoms with van der Waals surface area (Å²) in [4.78, 5) is 6.43. The van der Waals surface area contributed by atoms with Crippen molar-refractivity contribution in [3.8, 4) is 0 Å². The highest BCUT2D eigenvalue weighted by Crippen LogP contribution is 2.40. The van der Waals surface area contributed by atoms with Gasteiger partial charge in [-0.3, -0.25) is 4.90 Å². The van der Waals surface area contributed by atoms with Crippen LogP contribution in [0.5, 0.6) is 0 Å². The average Bonchev–Trinajstić information content (AvgIpc) is 3.35. The fraction of sp³-hybridized carbons (Fsp3) is 0.440. The van der Waals surface area contributed by atoms with Gasteiger partial charge in [0.15, 0.2) is 5.84 Å². The highest BCUT2D eigenvalue weighted by Gasteiger charge is 2.26. The van der Waals surface area contributed by atoms with Gasteiger partial charge in [0.1, 0.15) is 0 Å². The number of aryl methyl sites for hydroxylation is 1. The summed E-state index contributed by atoms with van der Waals surface area (Å²) in [6.07, 6.45) is 8.60. The van der Waals surface area contributed by atoms with Crippen molar-refractivity contribution in [3.63, 3.8) is 0 Å². The van der Waals surface area contributed by atoms with E-state index in [4.69, 9.17) is 11.6 Å². The second kappa shape index (κ2) is 9.52. The Bertz CT molecular complexity index is 1240. The predicted octanol–water partition coefficient (Wildman–Crippen LogP) is 4.89. The molecular formula is C25H30ClFN6O. The van der Waals surface area contributed by atoms with Gasteiger partial charge in [-0.2, -0.15) is 9.49 Å². The van der Waals surface area contributed by atoms with Gasteiger partial charge in [0.25, 0.3) is 6.42 Å². The Kier molecular flexibility index (Phi) is 6.46. The number of aromatic nitrogens is 3. The smallest absolute Gasteiger partial charge is 0.266 e. The molecule has 0 radical (unpaired) electrons. The standard InChI is InChI=1S/C25H30ClFN6O/c1-3-4-24(33-13-17(16(2)30-33)12-31-10-9-20(34)14-31)29-25(27)28-18-5-8-23-21(11-18)22(26)15-32(23)19-6-7-19/h3-5,8,11,13,15,19-20,25,28,34H,6-7,9-10,12,14H2,1-2H3/b4-3-,29-24?. The zero-order valence-electron chi connectivity index (χ0n) is 19.5. The molecular weight excluding hydrogens is 455 g/mol. The molecule has 1 saturated carbocycles. The molecule has 3 heterocycles. The van der Waals surface area contributed by atoms with E-state index in [0.29, 0.717) is 35.7 Å². The van der Waals surface area contributed by atoms with E-state index in [1.807, 2.05) is 50.5 Å². The van der Waals surface area contributed by atoms with Crippen LogP contribution in [0.25, 0.3) is 10.9 Å². The van der Waals surface area contributed by atoms with Gasteiger partial charge in [-0.1, -0.05) is 17.7 Å². The molecule has 1 aliphatic carbocycles. The van der Waals surface area contributed by atoms with E-state index in [1.165, 1.54) is 12.8 Å². The lowest BCUT2D eigenvalue weighted by Crippen LogP contribution is -2.21. The number of anilines is 1. The maximum Gasteiger partial charge on any atom is 0.266 e. The van der Waals surface area contributed by atoms with Crippen molar-refractivity contribution in [2.45, 2.75) is 58.2 Å². The first-order chi connectivity index (χ1) is 16.4. The number of fused-ring (bicyclic) bond motifs is 1. The van der Waals surface area contributed by atoms with Crippen LogP contribution in [0, 0.1) is 6.92 Å². The van der Waals surface area contributed by atoms with Crippen molar-refractivity contribution in [3.05, 3.63) is 59.0 Å². The molecule has 2 aromatic heterocycles. The summed E-state index contributed by atoms with van der Waals surface area (Å²) < 4.78 is 18.8. The van der Waals surface area contributed by atoms with Crippen LogP contribution in [0.4, 0.5) is 10.1 Å². The summed E-state index contributed by atoms with van der Waals surface area (Å²) in [5.41, 5.74) is 3.58. The van der Waals surface area contributed by atoms with Crippen LogP contribution in [-0.2, 0) is 6.54 Å². The van der Waals surface area contributed by atoms with E-state index in [9.17, 15) is 5.11 Å². The number of benzene rings is 1. The van der Waals surface area contributed by atoms with Crippen molar-refractivity contribution in [1.82, 2.24) is 19.2 Å². The lowest BCUT2D eigenvalue weighted by Gasteiger charge is -2.13. The first-order valence-corrected chi connectivity index (χ1v) is 12.2. The number of likely N-dealkylation sites (tertiary alicyclic amines) is 1. The Morgan fingerprint density at radius 2 is 2.18 bits per heavy atom. The lowest BCUT2D eigenvalue weighted by atomic mass is 10.2. The zero-order chi connectivity index (χ0) is 23.8. The van der Waals surface area contributed by atoms with Gasteiger partial charge in [0, 0.05) is 60.2 Å². The van der Waals surface area contributed by atoms with Gasteiger partial charge in [0.2, 0.25) is 0 Å². The molecule has 5 rings (SSSR count). The largest absolute Gasteiger partial charge is 0.392 e. The average molecular weight is 485 g/mol. The monoisotopic (exact) mass is 484 g/mol. The number of allylic oxidation sites excluding steroid dienone is 2. The fourth-order valence-corrected chi connectivity index (χ4v) is 4.79. The second-order valence-corrected chi connectivity index (χ2v) is 9.58. The molecule has 1 saturated heterocycles. The molecule has 2 N–H and O–H groups in total. The number of β-amino-alcohol motifs (C(OH)–C–C–N with tert-alkyl or cyclic N) is 1. The van der Waals surface area contributed by atoms with Gasteiger partial charge in [-0.25, -0.2) is 9.67 Å². The quantitative estimate of drug-likeness (QED) is 0.284. The van der Waals surface area contributed by atoms with Gasteiger partial charge in [-0.15, -0.1) is 0 Å². The Morgan fingerprint density at radius 3 is 2.88 bits per heavy atom. The van der Waals surface area contributed by atoms with Crippen molar-refractivity contribution in [2.24, 2.45) is 4.99 Å². The number of hydrogen-bond acceptors (Lipinski definition) is 5. The summed E-state index contributed by atoms with van der Waals surface area (Å²) >= 11 is 6.44. The molecule has 2 atom stereocenters. The molecule has 2 unspecified atom stereocenters. The molecule has 2 fully saturated rings.